The smallest absolute Gasteiger partial charge is 0.341 e. The van der Waals surface area contributed by atoms with Crippen LogP contribution < -0.4 is 10.2 Å². The number of anilines is 1. The molecule has 0 aliphatic heterocycles. The van der Waals surface area contributed by atoms with Gasteiger partial charge in [0.2, 0.25) is 5.95 Å². The number of carboxylic acid groups (broad SMARTS) is 1. The molecule has 1 aromatic heterocycles. The zero-order chi connectivity index (χ0) is 15.9. The van der Waals surface area contributed by atoms with E-state index in [1.807, 2.05) is 26.0 Å². The Kier molecular flexibility index (Phi) is 5.02. The van der Waals surface area contributed by atoms with Crippen molar-refractivity contribution >= 4 is 18.1 Å². The molecule has 0 radical (unpaired) electrons. The molecule has 1 heterocycles. The summed E-state index contributed by atoms with van der Waals surface area (Å²) in [7, 11) is 0. The number of carbonyl (C=O) groups is 1. The summed E-state index contributed by atoms with van der Waals surface area (Å²) < 4.78 is 5.19. The molecule has 114 valence electrons. The van der Waals surface area contributed by atoms with Crippen molar-refractivity contribution in [3.63, 3.8) is 0 Å². The van der Waals surface area contributed by atoms with Crippen LogP contribution >= 0.6 is 0 Å². The summed E-state index contributed by atoms with van der Waals surface area (Å²) in [4.78, 5) is 19.0. The van der Waals surface area contributed by atoms with Crippen LogP contribution in [0.25, 0.3) is 0 Å². The molecule has 2 aromatic rings. The van der Waals surface area contributed by atoms with Crippen LogP contribution in [0.3, 0.4) is 0 Å². The molecule has 0 unspecified atom stereocenters. The zero-order valence-corrected chi connectivity index (χ0v) is 12.3. The number of rotatable bonds is 6. The normalized spacial score (nSPS) is 10.6. The fraction of sp³-hybridized carbons (Fsp3) is 0.200. The highest BCUT2D eigenvalue weighted by Gasteiger charge is 2.03. The molecule has 0 aliphatic carbocycles. The molecule has 0 fully saturated rings. The maximum atomic E-state index is 10.6. The third-order valence-corrected chi connectivity index (χ3v) is 2.62. The minimum atomic E-state index is -1.03. The van der Waals surface area contributed by atoms with Crippen LogP contribution in [-0.2, 0) is 4.79 Å². The summed E-state index contributed by atoms with van der Waals surface area (Å²) in [6, 6.07) is 8.88. The van der Waals surface area contributed by atoms with Gasteiger partial charge in [0.1, 0.15) is 5.75 Å². The number of carboxylic acids is 1. The minimum absolute atomic E-state index is 0.401. The van der Waals surface area contributed by atoms with Crippen molar-refractivity contribution < 1.29 is 14.6 Å². The summed E-state index contributed by atoms with van der Waals surface area (Å²) in [5.74, 6) is -0.192. The average molecular weight is 300 g/mol. The first-order chi connectivity index (χ1) is 10.5. The van der Waals surface area contributed by atoms with Crippen LogP contribution in [0.4, 0.5) is 5.95 Å². The number of nitrogens with zero attached hydrogens (tertiary/aromatic N) is 3. The largest absolute Gasteiger partial charge is 0.481 e. The molecule has 0 spiro atoms. The fourth-order valence-electron chi connectivity index (χ4n) is 1.79. The molecule has 0 atom stereocenters. The van der Waals surface area contributed by atoms with E-state index in [0.717, 1.165) is 11.4 Å². The Morgan fingerprint density at radius 3 is 2.68 bits per heavy atom. The van der Waals surface area contributed by atoms with Gasteiger partial charge in [-0.15, -0.1) is 0 Å². The predicted molar refractivity (Wildman–Crippen MR) is 82.3 cm³/mol. The highest BCUT2D eigenvalue weighted by Crippen LogP contribution is 2.15. The summed E-state index contributed by atoms with van der Waals surface area (Å²) in [5.41, 5.74) is 5.08. The molecule has 2 rings (SSSR count). The maximum Gasteiger partial charge on any atom is 0.341 e. The minimum Gasteiger partial charge on any atom is -0.481 e. The molecular formula is C15H16N4O3. The van der Waals surface area contributed by atoms with E-state index in [9.17, 15) is 4.79 Å². The second kappa shape index (κ2) is 7.16. The van der Waals surface area contributed by atoms with Gasteiger partial charge in [0.05, 0.1) is 6.21 Å². The van der Waals surface area contributed by atoms with Crippen molar-refractivity contribution in [2.75, 3.05) is 12.0 Å². The number of ether oxygens (including phenoxy) is 1. The van der Waals surface area contributed by atoms with Crippen molar-refractivity contribution in [2.45, 2.75) is 13.8 Å². The van der Waals surface area contributed by atoms with Crippen LogP contribution in [-0.4, -0.2) is 33.9 Å². The number of benzene rings is 1. The van der Waals surface area contributed by atoms with Gasteiger partial charge in [0, 0.05) is 17.0 Å². The van der Waals surface area contributed by atoms with Crippen LogP contribution in [0.1, 0.15) is 17.0 Å². The summed E-state index contributed by atoms with van der Waals surface area (Å²) in [5, 5.41) is 12.7. The van der Waals surface area contributed by atoms with Gasteiger partial charge >= 0.3 is 5.97 Å². The van der Waals surface area contributed by atoms with Gasteiger partial charge in [-0.3, -0.25) is 0 Å². The quantitative estimate of drug-likeness (QED) is 0.625. The van der Waals surface area contributed by atoms with Gasteiger partial charge in [-0.2, -0.15) is 5.10 Å². The summed E-state index contributed by atoms with van der Waals surface area (Å²) >= 11 is 0. The van der Waals surface area contributed by atoms with Crippen LogP contribution in [0.5, 0.6) is 5.75 Å². The molecule has 0 amide bonds. The lowest BCUT2D eigenvalue weighted by atomic mass is 10.2. The van der Waals surface area contributed by atoms with Gasteiger partial charge in [-0.25, -0.2) is 20.2 Å². The number of aryl methyl sites for hydroxylation is 2. The number of nitrogens with one attached hydrogen (secondary N) is 1. The van der Waals surface area contributed by atoms with Gasteiger partial charge < -0.3 is 9.84 Å². The van der Waals surface area contributed by atoms with Crippen LogP contribution in [0.15, 0.2) is 35.4 Å². The first-order valence-corrected chi connectivity index (χ1v) is 6.59. The number of aromatic nitrogens is 2. The second-order valence-corrected chi connectivity index (χ2v) is 4.56. The molecule has 7 nitrogen and oxygen atoms in total. The van der Waals surface area contributed by atoms with Crippen LogP contribution in [0, 0.1) is 13.8 Å². The monoisotopic (exact) mass is 300 g/mol. The van der Waals surface area contributed by atoms with E-state index in [1.54, 1.807) is 18.2 Å². The maximum absolute atomic E-state index is 10.6. The number of hydrogen-bond acceptors (Lipinski definition) is 6. The molecule has 22 heavy (non-hydrogen) atoms. The Morgan fingerprint density at radius 2 is 2.00 bits per heavy atom. The SMILES string of the molecule is Cc1cc(C)nc(NN=Cc2ccccc2OCC(=O)O)n1. The molecule has 1 aromatic carbocycles. The first-order valence-electron chi connectivity index (χ1n) is 6.59. The van der Waals surface area contributed by atoms with E-state index in [2.05, 4.69) is 20.5 Å². The molecule has 2 N–H and O–H groups in total. The van der Waals surface area contributed by atoms with Crippen molar-refractivity contribution in [3.8, 4) is 5.75 Å². The van der Waals surface area contributed by atoms with E-state index in [-0.39, 0.29) is 0 Å². The number of para-hydroxylation sites is 1. The average Bonchev–Trinajstić information content (AvgIpc) is 2.45. The van der Waals surface area contributed by atoms with Gasteiger partial charge in [-0.05, 0) is 32.0 Å². The second-order valence-electron chi connectivity index (χ2n) is 4.56. The summed E-state index contributed by atoms with van der Waals surface area (Å²) in [6.07, 6.45) is 1.53. The summed E-state index contributed by atoms with van der Waals surface area (Å²) in [6.45, 7) is 3.34. The van der Waals surface area contributed by atoms with Crippen molar-refractivity contribution in [3.05, 3.63) is 47.3 Å². The lowest BCUT2D eigenvalue weighted by Gasteiger charge is -2.06. The van der Waals surface area contributed by atoms with Gasteiger partial charge in [0.25, 0.3) is 0 Å². The molecule has 0 saturated heterocycles. The molecule has 7 heteroatoms. The van der Waals surface area contributed by atoms with Crippen molar-refractivity contribution in [2.24, 2.45) is 5.10 Å². The Labute approximate surface area is 127 Å². The third kappa shape index (κ3) is 4.55. The Hall–Kier alpha value is -2.96. The van der Waals surface area contributed by atoms with E-state index in [1.165, 1.54) is 6.21 Å². The van der Waals surface area contributed by atoms with E-state index < -0.39 is 12.6 Å². The molecule has 0 saturated carbocycles. The van der Waals surface area contributed by atoms with E-state index in [0.29, 0.717) is 17.3 Å². The fourth-order valence-corrected chi connectivity index (χ4v) is 1.79. The number of hydrazone groups is 1. The Bertz CT molecular complexity index is 681. The highest BCUT2D eigenvalue weighted by atomic mass is 16.5. The van der Waals surface area contributed by atoms with Crippen molar-refractivity contribution in [1.29, 1.82) is 0 Å². The van der Waals surface area contributed by atoms with Crippen molar-refractivity contribution in [1.82, 2.24) is 9.97 Å². The standard InChI is InChI=1S/C15H16N4O3/c1-10-7-11(2)18-15(17-10)19-16-8-12-5-3-4-6-13(12)22-9-14(20)21/h3-8H,9H2,1-2H3,(H,20,21)(H,17,18,19). The number of hydrogen-bond donors (Lipinski definition) is 2. The topological polar surface area (TPSA) is 96.7 Å². The predicted octanol–water partition coefficient (Wildman–Crippen LogP) is 2.00. The first kappa shape index (κ1) is 15.4. The van der Waals surface area contributed by atoms with E-state index in [4.69, 9.17) is 9.84 Å². The van der Waals surface area contributed by atoms with E-state index >= 15 is 0 Å². The lowest BCUT2D eigenvalue weighted by Crippen LogP contribution is -2.10. The molecular weight excluding hydrogens is 284 g/mol. The van der Waals surface area contributed by atoms with Gasteiger partial charge in [-0.1, -0.05) is 12.1 Å². The van der Waals surface area contributed by atoms with Crippen LogP contribution in [0.2, 0.25) is 0 Å². The zero-order valence-electron chi connectivity index (χ0n) is 12.3. The molecule has 0 aliphatic rings. The number of aliphatic carboxylic acids is 1. The Balaban J connectivity index is 2.08. The lowest BCUT2D eigenvalue weighted by molar-refractivity contribution is -0.139. The third-order valence-electron chi connectivity index (χ3n) is 2.62. The van der Waals surface area contributed by atoms with Gasteiger partial charge in [0.15, 0.2) is 6.61 Å². The Morgan fingerprint density at radius 1 is 1.32 bits per heavy atom. The molecule has 0 bridgehead atoms. The highest BCUT2D eigenvalue weighted by molar-refractivity contribution is 5.84.